The van der Waals surface area contributed by atoms with Crippen LogP contribution in [-0.4, -0.2) is 9.85 Å². The van der Waals surface area contributed by atoms with Crippen LogP contribution in [0.4, 0.5) is 17.1 Å². The summed E-state index contributed by atoms with van der Waals surface area (Å²) in [6, 6.07) is 1.23. The van der Waals surface area contributed by atoms with Gasteiger partial charge in [0.1, 0.15) is 11.3 Å². The van der Waals surface area contributed by atoms with Gasteiger partial charge in [0.2, 0.25) is 0 Å². The number of hydrogen-bond donors (Lipinski definition) is 1. The molecule has 0 bridgehead atoms. The number of nitro benzene ring substituents is 2. The van der Waals surface area contributed by atoms with Gasteiger partial charge in [0, 0.05) is 6.07 Å². The third-order valence-electron chi connectivity index (χ3n) is 2.15. The molecule has 7 nitrogen and oxygen atoms in total. The second-order valence-electron chi connectivity index (χ2n) is 3.11. The maximum absolute atomic E-state index is 10.7. The summed E-state index contributed by atoms with van der Waals surface area (Å²) in [7, 11) is 0. The van der Waals surface area contributed by atoms with Gasteiger partial charge in [-0.3, -0.25) is 20.2 Å². The van der Waals surface area contributed by atoms with E-state index in [2.05, 4.69) is 0 Å². The van der Waals surface area contributed by atoms with Crippen molar-refractivity contribution in [2.24, 2.45) is 0 Å². The van der Waals surface area contributed by atoms with Crippen LogP contribution in [0.3, 0.4) is 0 Å². The summed E-state index contributed by atoms with van der Waals surface area (Å²) in [6.45, 7) is 2.81. The third-order valence-corrected chi connectivity index (χ3v) is 2.15. The number of anilines is 1. The molecule has 0 unspecified atom stereocenters. The van der Waals surface area contributed by atoms with E-state index >= 15 is 0 Å². The van der Waals surface area contributed by atoms with E-state index in [-0.39, 0.29) is 22.6 Å². The van der Waals surface area contributed by atoms with Crippen molar-refractivity contribution in [1.29, 1.82) is 0 Å². The van der Waals surface area contributed by atoms with E-state index in [1.165, 1.54) is 19.9 Å². The Balaban J connectivity index is 3.63. The number of rotatable bonds is 2. The van der Waals surface area contributed by atoms with Crippen molar-refractivity contribution in [2.45, 2.75) is 13.8 Å². The lowest BCUT2D eigenvalue weighted by molar-refractivity contribution is -0.394. The van der Waals surface area contributed by atoms with Crippen molar-refractivity contribution < 1.29 is 9.85 Å². The Kier molecular flexibility index (Phi) is 2.56. The summed E-state index contributed by atoms with van der Waals surface area (Å²) in [6.07, 6.45) is 0. The molecular weight excluding hydrogens is 202 g/mol. The predicted octanol–water partition coefficient (Wildman–Crippen LogP) is 1.70. The average Bonchev–Trinajstić information content (AvgIpc) is 2.10. The standard InChI is InChI=1S/C8H9N3O4/c1-4-3-6(10(12)13)5(2)8(7(4)9)11(14)15/h3H,9H2,1-2H3. The smallest absolute Gasteiger partial charge is 0.302 e. The molecule has 0 spiro atoms. The molecule has 2 N–H and O–H groups in total. The third kappa shape index (κ3) is 1.71. The zero-order chi connectivity index (χ0) is 11.7. The number of nitrogens with two attached hydrogens (primary N) is 1. The first-order valence-electron chi connectivity index (χ1n) is 4.04. The van der Waals surface area contributed by atoms with Gasteiger partial charge in [-0.15, -0.1) is 0 Å². The largest absolute Gasteiger partial charge is 0.393 e. The van der Waals surface area contributed by atoms with E-state index in [9.17, 15) is 20.2 Å². The molecule has 0 amide bonds. The molecular formula is C8H9N3O4. The zero-order valence-corrected chi connectivity index (χ0v) is 8.18. The molecule has 0 heterocycles. The fourth-order valence-electron chi connectivity index (χ4n) is 1.33. The lowest BCUT2D eigenvalue weighted by Gasteiger charge is -2.04. The number of nitro groups is 2. The normalized spacial score (nSPS) is 10.0. The highest BCUT2D eigenvalue weighted by Crippen LogP contribution is 2.35. The molecule has 0 saturated heterocycles. The zero-order valence-electron chi connectivity index (χ0n) is 8.18. The SMILES string of the molecule is Cc1cc([N+](=O)[O-])c(C)c([N+](=O)[O-])c1N. The van der Waals surface area contributed by atoms with Gasteiger partial charge in [-0.2, -0.15) is 0 Å². The van der Waals surface area contributed by atoms with Crippen LogP contribution in [0.15, 0.2) is 6.07 Å². The Labute approximate surface area is 84.8 Å². The number of aryl methyl sites for hydroxylation is 1. The Hall–Kier alpha value is -2.18. The van der Waals surface area contributed by atoms with Crippen LogP contribution in [0.2, 0.25) is 0 Å². The van der Waals surface area contributed by atoms with Crippen molar-refractivity contribution in [2.75, 3.05) is 5.73 Å². The predicted molar refractivity (Wildman–Crippen MR) is 53.6 cm³/mol. The number of benzene rings is 1. The van der Waals surface area contributed by atoms with E-state index in [0.29, 0.717) is 5.56 Å². The second-order valence-corrected chi connectivity index (χ2v) is 3.11. The van der Waals surface area contributed by atoms with Gasteiger partial charge in [0.15, 0.2) is 0 Å². The molecule has 0 aliphatic carbocycles. The van der Waals surface area contributed by atoms with Gasteiger partial charge < -0.3 is 5.73 Å². The van der Waals surface area contributed by atoms with Gasteiger partial charge in [0.25, 0.3) is 5.69 Å². The van der Waals surface area contributed by atoms with Gasteiger partial charge in [0.05, 0.1) is 9.85 Å². The van der Waals surface area contributed by atoms with Gasteiger partial charge >= 0.3 is 5.69 Å². The molecule has 1 aromatic rings. The molecule has 7 heteroatoms. The quantitative estimate of drug-likeness (QED) is 0.454. The van der Waals surface area contributed by atoms with Crippen LogP contribution in [-0.2, 0) is 0 Å². The minimum atomic E-state index is -0.704. The fourth-order valence-corrected chi connectivity index (χ4v) is 1.33. The number of nitrogens with zero attached hydrogens (tertiary/aromatic N) is 2. The average molecular weight is 211 g/mol. The molecule has 15 heavy (non-hydrogen) atoms. The summed E-state index contributed by atoms with van der Waals surface area (Å²) >= 11 is 0. The van der Waals surface area contributed by atoms with Gasteiger partial charge in [-0.1, -0.05) is 0 Å². The minimum absolute atomic E-state index is 0.0203. The summed E-state index contributed by atoms with van der Waals surface area (Å²) < 4.78 is 0. The summed E-state index contributed by atoms with van der Waals surface area (Å²) in [5.41, 5.74) is 5.11. The lowest BCUT2D eigenvalue weighted by atomic mass is 10.1. The van der Waals surface area contributed by atoms with Crippen molar-refractivity contribution >= 4 is 17.1 Å². The highest BCUT2D eigenvalue weighted by atomic mass is 16.6. The van der Waals surface area contributed by atoms with Crippen LogP contribution < -0.4 is 5.73 Å². The van der Waals surface area contributed by atoms with Crippen molar-refractivity contribution in [3.05, 3.63) is 37.4 Å². The molecule has 0 atom stereocenters. The summed E-state index contributed by atoms with van der Waals surface area (Å²) in [5, 5.41) is 21.3. The second kappa shape index (κ2) is 3.52. The Bertz CT molecular complexity index is 456. The van der Waals surface area contributed by atoms with Crippen molar-refractivity contribution in [1.82, 2.24) is 0 Å². The van der Waals surface area contributed by atoms with E-state index < -0.39 is 9.85 Å². The van der Waals surface area contributed by atoms with Crippen molar-refractivity contribution in [3.8, 4) is 0 Å². The summed E-state index contributed by atoms with van der Waals surface area (Å²) in [4.78, 5) is 19.9. The highest BCUT2D eigenvalue weighted by Gasteiger charge is 2.26. The maximum Gasteiger partial charge on any atom is 0.302 e. The molecule has 1 aromatic carbocycles. The first-order chi connectivity index (χ1) is 6.86. The van der Waals surface area contributed by atoms with Gasteiger partial charge in [-0.25, -0.2) is 0 Å². The van der Waals surface area contributed by atoms with Crippen molar-refractivity contribution in [3.63, 3.8) is 0 Å². The Morgan fingerprint density at radius 3 is 2.13 bits per heavy atom. The molecule has 0 aromatic heterocycles. The molecule has 80 valence electrons. The molecule has 0 aliphatic rings. The van der Waals surface area contributed by atoms with Crippen LogP contribution in [0.1, 0.15) is 11.1 Å². The van der Waals surface area contributed by atoms with Crippen LogP contribution in [0.5, 0.6) is 0 Å². The minimum Gasteiger partial charge on any atom is -0.393 e. The van der Waals surface area contributed by atoms with E-state index in [1.807, 2.05) is 0 Å². The molecule has 0 saturated carbocycles. The van der Waals surface area contributed by atoms with E-state index in [4.69, 9.17) is 5.73 Å². The lowest BCUT2D eigenvalue weighted by Crippen LogP contribution is -2.03. The topological polar surface area (TPSA) is 112 Å². The maximum atomic E-state index is 10.7. The van der Waals surface area contributed by atoms with Crippen LogP contribution >= 0.6 is 0 Å². The van der Waals surface area contributed by atoms with Crippen LogP contribution in [0.25, 0.3) is 0 Å². The molecule has 1 rings (SSSR count). The van der Waals surface area contributed by atoms with E-state index in [0.717, 1.165) is 0 Å². The summed E-state index contributed by atoms with van der Waals surface area (Å²) in [5.74, 6) is 0. The molecule has 0 aliphatic heterocycles. The number of hydrogen-bond acceptors (Lipinski definition) is 5. The Morgan fingerprint density at radius 2 is 1.73 bits per heavy atom. The van der Waals surface area contributed by atoms with Gasteiger partial charge in [-0.05, 0) is 19.4 Å². The molecule has 0 fully saturated rings. The number of nitrogen functional groups attached to an aromatic ring is 1. The van der Waals surface area contributed by atoms with Crippen LogP contribution in [0, 0.1) is 34.1 Å². The highest BCUT2D eigenvalue weighted by molar-refractivity contribution is 5.71. The Morgan fingerprint density at radius 1 is 1.20 bits per heavy atom. The molecule has 0 radical (unpaired) electrons. The first-order valence-corrected chi connectivity index (χ1v) is 4.04. The van der Waals surface area contributed by atoms with E-state index in [1.54, 1.807) is 0 Å². The first kappa shape index (κ1) is 10.9. The monoisotopic (exact) mass is 211 g/mol. The fraction of sp³-hybridized carbons (Fsp3) is 0.250.